The van der Waals surface area contributed by atoms with Crippen LogP contribution < -0.4 is 10.6 Å². The molecule has 8 nitrogen and oxygen atoms in total. The molecule has 0 saturated carbocycles. The lowest BCUT2D eigenvalue weighted by Gasteiger charge is -2.14. The molecule has 2 N–H and O–H groups in total. The van der Waals surface area contributed by atoms with Gasteiger partial charge in [0.2, 0.25) is 0 Å². The van der Waals surface area contributed by atoms with Crippen molar-refractivity contribution in [1.82, 2.24) is 15.1 Å². The first-order valence-corrected chi connectivity index (χ1v) is 10.5. The number of hydrogen-bond donors (Lipinski definition) is 2. The minimum Gasteiger partial charge on any atom is -0.345 e. The topological polar surface area (TPSA) is 110 Å². The van der Waals surface area contributed by atoms with Gasteiger partial charge in [-0.2, -0.15) is 5.10 Å². The van der Waals surface area contributed by atoms with Crippen LogP contribution in [0.3, 0.4) is 0 Å². The van der Waals surface area contributed by atoms with Crippen LogP contribution in [0.4, 0.5) is 5.82 Å². The summed E-state index contributed by atoms with van der Waals surface area (Å²) in [5, 5.41) is 9.56. The van der Waals surface area contributed by atoms with Crippen LogP contribution in [-0.2, 0) is 30.9 Å². The Bertz CT molecular complexity index is 1010. The molecule has 0 radical (unpaired) electrons. The standard InChI is InChI=1S/C18H22N4O4S/c1-4-12(3)19-17(23)18(24)20-16-13-9-27(25,26)10-14(13)21-22(16)15-8-6-5-7-11(15)2/h5-8,12H,4,9-10H2,1-3H3,(H,19,23)(H,20,24)/t12-/m0/s1. The van der Waals surface area contributed by atoms with E-state index in [0.29, 0.717) is 23.4 Å². The number of para-hydroxylation sites is 1. The van der Waals surface area contributed by atoms with Gasteiger partial charge < -0.3 is 10.6 Å². The smallest absolute Gasteiger partial charge is 0.314 e. The highest BCUT2D eigenvalue weighted by Crippen LogP contribution is 2.33. The van der Waals surface area contributed by atoms with Gasteiger partial charge in [-0.1, -0.05) is 25.1 Å². The summed E-state index contributed by atoms with van der Waals surface area (Å²) in [7, 11) is -3.30. The number of anilines is 1. The van der Waals surface area contributed by atoms with Crippen LogP contribution in [0.2, 0.25) is 0 Å². The molecule has 3 rings (SSSR count). The molecule has 2 amide bonds. The van der Waals surface area contributed by atoms with E-state index in [-0.39, 0.29) is 23.4 Å². The lowest BCUT2D eigenvalue weighted by Crippen LogP contribution is -2.40. The van der Waals surface area contributed by atoms with Crippen LogP contribution in [0.15, 0.2) is 24.3 Å². The molecule has 2 heterocycles. The average molecular weight is 390 g/mol. The summed E-state index contributed by atoms with van der Waals surface area (Å²) < 4.78 is 25.5. The van der Waals surface area contributed by atoms with Crippen molar-refractivity contribution in [2.75, 3.05) is 5.32 Å². The molecule has 144 valence electrons. The van der Waals surface area contributed by atoms with Crippen molar-refractivity contribution in [3.63, 3.8) is 0 Å². The normalized spacial score (nSPS) is 15.8. The van der Waals surface area contributed by atoms with E-state index >= 15 is 0 Å². The second kappa shape index (κ2) is 7.15. The van der Waals surface area contributed by atoms with Gasteiger partial charge in [0.15, 0.2) is 9.84 Å². The fraction of sp³-hybridized carbons (Fsp3) is 0.389. The van der Waals surface area contributed by atoms with Crippen LogP contribution >= 0.6 is 0 Å². The summed E-state index contributed by atoms with van der Waals surface area (Å²) in [6, 6.07) is 7.27. The van der Waals surface area contributed by atoms with Gasteiger partial charge in [0, 0.05) is 11.6 Å². The van der Waals surface area contributed by atoms with E-state index in [1.165, 1.54) is 4.68 Å². The molecule has 0 saturated heterocycles. The molecular weight excluding hydrogens is 368 g/mol. The third-order valence-electron chi connectivity index (χ3n) is 4.56. The van der Waals surface area contributed by atoms with Crippen molar-refractivity contribution in [2.24, 2.45) is 0 Å². The van der Waals surface area contributed by atoms with Gasteiger partial charge >= 0.3 is 11.8 Å². The van der Waals surface area contributed by atoms with E-state index < -0.39 is 21.7 Å². The molecule has 27 heavy (non-hydrogen) atoms. The highest BCUT2D eigenvalue weighted by Gasteiger charge is 2.34. The van der Waals surface area contributed by atoms with Crippen LogP contribution in [0.25, 0.3) is 5.69 Å². The van der Waals surface area contributed by atoms with Crippen molar-refractivity contribution < 1.29 is 18.0 Å². The quantitative estimate of drug-likeness (QED) is 0.768. The number of aromatic nitrogens is 2. The first kappa shape index (κ1) is 19.1. The van der Waals surface area contributed by atoms with Gasteiger partial charge in [-0.05, 0) is 31.9 Å². The van der Waals surface area contributed by atoms with Crippen molar-refractivity contribution in [3.05, 3.63) is 41.1 Å². The number of sulfone groups is 1. The van der Waals surface area contributed by atoms with E-state index in [4.69, 9.17) is 0 Å². The Morgan fingerprint density at radius 1 is 1.22 bits per heavy atom. The maximum absolute atomic E-state index is 12.4. The average Bonchev–Trinajstić information content (AvgIpc) is 3.07. The Labute approximate surface area is 157 Å². The maximum Gasteiger partial charge on any atom is 0.314 e. The van der Waals surface area contributed by atoms with E-state index in [0.717, 1.165) is 5.56 Å². The molecule has 9 heteroatoms. The third-order valence-corrected chi connectivity index (χ3v) is 6.00. The van der Waals surface area contributed by atoms with E-state index in [2.05, 4.69) is 15.7 Å². The fourth-order valence-electron chi connectivity index (χ4n) is 2.90. The molecule has 1 aromatic heterocycles. The molecule has 1 aliphatic rings. The van der Waals surface area contributed by atoms with Gasteiger partial charge in [-0.25, -0.2) is 13.1 Å². The van der Waals surface area contributed by atoms with Gasteiger partial charge in [0.05, 0.1) is 22.9 Å². The Morgan fingerprint density at radius 2 is 1.93 bits per heavy atom. The summed E-state index contributed by atoms with van der Waals surface area (Å²) in [6.07, 6.45) is 0.688. The van der Waals surface area contributed by atoms with Crippen LogP contribution in [0.5, 0.6) is 0 Å². The summed E-state index contributed by atoms with van der Waals surface area (Å²) in [6.45, 7) is 5.58. The van der Waals surface area contributed by atoms with Gasteiger partial charge in [0.25, 0.3) is 0 Å². The molecule has 1 aliphatic heterocycles. The number of carbonyl (C=O) groups excluding carboxylic acids is 2. The van der Waals surface area contributed by atoms with Gasteiger partial charge in [-0.15, -0.1) is 0 Å². The number of carbonyl (C=O) groups is 2. The molecule has 0 fully saturated rings. The molecule has 2 aromatic rings. The number of aryl methyl sites for hydroxylation is 1. The minimum atomic E-state index is -3.30. The second-order valence-corrected chi connectivity index (χ2v) is 8.81. The van der Waals surface area contributed by atoms with Crippen molar-refractivity contribution in [1.29, 1.82) is 0 Å². The zero-order valence-corrected chi connectivity index (χ0v) is 16.3. The summed E-state index contributed by atoms with van der Waals surface area (Å²) in [5.74, 6) is -1.78. The van der Waals surface area contributed by atoms with Crippen LogP contribution in [-0.4, -0.2) is 36.1 Å². The van der Waals surface area contributed by atoms with Gasteiger partial charge in [-0.3, -0.25) is 9.59 Å². The lowest BCUT2D eigenvalue weighted by atomic mass is 10.2. The van der Waals surface area contributed by atoms with E-state index in [1.54, 1.807) is 6.92 Å². The Morgan fingerprint density at radius 3 is 2.59 bits per heavy atom. The first-order valence-electron chi connectivity index (χ1n) is 8.71. The fourth-order valence-corrected chi connectivity index (χ4v) is 4.40. The first-order chi connectivity index (χ1) is 12.7. The Balaban J connectivity index is 1.99. The summed E-state index contributed by atoms with van der Waals surface area (Å²) in [4.78, 5) is 24.5. The van der Waals surface area contributed by atoms with Crippen molar-refractivity contribution in [2.45, 2.75) is 44.7 Å². The monoisotopic (exact) mass is 390 g/mol. The molecule has 0 bridgehead atoms. The number of benzene rings is 1. The number of rotatable bonds is 4. The molecule has 0 aliphatic carbocycles. The molecule has 0 spiro atoms. The zero-order valence-electron chi connectivity index (χ0n) is 15.4. The minimum absolute atomic E-state index is 0.143. The van der Waals surface area contributed by atoms with Crippen LogP contribution in [0.1, 0.15) is 37.1 Å². The Kier molecular flexibility index (Phi) is 5.05. The van der Waals surface area contributed by atoms with E-state index in [9.17, 15) is 18.0 Å². The van der Waals surface area contributed by atoms with Crippen molar-refractivity contribution in [3.8, 4) is 5.69 Å². The SMILES string of the molecule is CC[C@H](C)NC(=O)C(=O)Nc1c2c(nn1-c1ccccc1C)CS(=O)(=O)C2. The number of fused-ring (bicyclic) bond motifs is 1. The molecule has 0 unspecified atom stereocenters. The lowest BCUT2D eigenvalue weighted by molar-refractivity contribution is -0.136. The largest absolute Gasteiger partial charge is 0.345 e. The van der Waals surface area contributed by atoms with E-state index in [1.807, 2.05) is 38.1 Å². The molecular formula is C18H22N4O4S. The molecule has 1 atom stereocenters. The number of nitrogens with zero attached hydrogens (tertiary/aromatic N) is 2. The van der Waals surface area contributed by atoms with Crippen LogP contribution in [0, 0.1) is 6.92 Å². The molecule has 1 aromatic carbocycles. The second-order valence-electron chi connectivity index (χ2n) is 6.74. The highest BCUT2D eigenvalue weighted by molar-refractivity contribution is 7.90. The maximum atomic E-state index is 12.4. The number of hydrogen-bond acceptors (Lipinski definition) is 5. The predicted molar refractivity (Wildman–Crippen MR) is 101 cm³/mol. The van der Waals surface area contributed by atoms with Gasteiger partial charge in [0.1, 0.15) is 5.82 Å². The Hall–Kier alpha value is -2.68. The highest BCUT2D eigenvalue weighted by atomic mass is 32.2. The number of amides is 2. The number of nitrogens with one attached hydrogen (secondary N) is 2. The zero-order chi connectivity index (χ0) is 19.8. The summed E-state index contributed by atoms with van der Waals surface area (Å²) in [5.41, 5.74) is 2.45. The predicted octanol–water partition coefficient (Wildman–Crippen LogP) is 1.46. The van der Waals surface area contributed by atoms with Crippen molar-refractivity contribution >= 4 is 27.5 Å². The summed E-state index contributed by atoms with van der Waals surface area (Å²) >= 11 is 0. The third kappa shape index (κ3) is 3.87.